The number of nitrogens with zero attached hydrogens (tertiary/aromatic N) is 4. The van der Waals surface area contributed by atoms with Gasteiger partial charge < -0.3 is 10.1 Å². The van der Waals surface area contributed by atoms with Crippen LogP contribution in [-0.4, -0.2) is 32.7 Å². The van der Waals surface area contributed by atoms with Gasteiger partial charge >= 0.3 is 0 Å². The molecule has 1 saturated heterocycles. The van der Waals surface area contributed by atoms with E-state index in [2.05, 4.69) is 39.8 Å². The second kappa shape index (κ2) is 7.21. The second-order valence-electron chi connectivity index (χ2n) is 6.43. The van der Waals surface area contributed by atoms with Crippen LogP contribution in [0, 0.1) is 5.92 Å². The first-order valence-electron chi connectivity index (χ1n) is 8.71. The largest absolute Gasteiger partial charge is 0.372 e. The lowest BCUT2D eigenvalue weighted by molar-refractivity contribution is 0.0838. The van der Waals surface area contributed by atoms with Crippen LogP contribution in [0.4, 0.5) is 0 Å². The third-order valence-electron chi connectivity index (χ3n) is 4.83. The first-order chi connectivity index (χ1) is 12.3. The van der Waals surface area contributed by atoms with Crippen molar-refractivity contribution in [3.05, 3.63) is 66.2 Å². The summed E-state index contributed by atoms with van der Waals surface area (Å²) in [7, 11) is 1.97. The molecule has 3 heterocycles. The molecule has 6 heteroatoms. The van der Waals surface area contributed by atoms with E-state index in [-0.39, 0.29) is 6.10 Å². The van der Waals surface area contributed by atoms with E-state index < -0.39 is 0 Å². The van der Waals surface area contributed by atoms with Crippen molar-refractivity contribution in [3.8, 4) is 5.69 Å². The molecule has 0 saturated carbocycles. The van der Waals surface area contributed by atoms with E-state index >= 15 is 0 Å². The predicted molar refractivity (Wildman–Crippen MR) is 95.3 cm³/mol. The first kappa shape index (κ1) is 16.1. The summed E-state index contributed by atoms with van der Waals surface area (Å²) in [6, 6.07) is 12.4. The van der Waals surface area contributed by atoms with Crippen molar-refractivity contribution < 1.29 is 4.74 Å². The molecule has 0 radical (unpaired) electrons. The molecule has 25 heavy (non-hydrogen) atoms. The fraction of sp³-hybridized carbons (Fsp3) is 0.368. The molecule has 0 aliphatic carbocycles. The van der Waals surface area contributed by atoms with E-state index in [9.17, 15) is 0 Å². The maximum Gasteiger partial charge on any atom is 0.103 e. The van der Waals surface area contributed by atoms with Crippen molar-refractivity contribution in [2.75, 3.05) is 13.2 Å². The van der Waals surface area contributed by atoms with Gasteiger partial charge in [0.05, 0.1) is 11.4 Å². The normalized spacial score (nSPS) is 20.2. The Bertz CT molecular complexity index is 811. The SMILES string of the molecule is Cn1nccc1[C@@H]1OCC[C@H]1CNCc1ccccc1-n1cccn1. The molecule has 4 rings (SSSR count). The summed E-state index contributed by atoms with van der Waals surface area (Å²) in [5, 5.41) is 12.2. The van der Waals surface area contributed by atoms with Crippen LogP contribution in [0.1, 0.15) is 23.8 Å². The fourth-order valence-corrected chi connectivity index (χ4v) is 3.52. The Labute approximate surface area is 147 Å². The number of benzene rings is 1. The lowest BCUT2D eigenvalue weighted by atomic mass is 9.99. The van der Waals surface area contributed by atoms with E-state index in [0.29, 0.717) is 5.92 Å². The van der Waals surface area contributed by atoms with Crippen molar-refractivity contribution in [2.45, 2.75) is 19.1 Å². The van der Waals surface area contributed by atoms with Gasteiger partial charge in [0.1, 0.15) is 6.10 Å². The zero-order valence-electron chi connectivity index (χ0n) is 14.4. The Kier molecular flexibility index (Phi) is 4.63. The van der Waals surface area contributed by atoms with Crippen LogP contribution in [-0.2, 0) is 18.3 Å². The van der Waals surface area contributed by atoms with Crippen LogP contribution < -0.4 is 5.32 Å². The quantitative estimate of drug-likeness (QED) is 0.751. The average molecular weight is 337 g/mol. The summed E-state index contributed by atoms with van der Waals surface area (Å²) in [5.74, 6) is 0.465. The van der Waals surface area contributed by atoms with Crippen molar-refractivity contribution in [1.82, 2.24) is 24.9 Å². The van der Waals surface area contributed by atoms with Gasteiger partial charge in [-0.3, -0.25) is 4.68 Å². The molecule has 0 bridgehead atoms. The molecule has 0 amide bonds. The molecule has 130 valence electrons. The average Bonchev–Trinajstić information content (AvgIpc) is 3.36. The number of aromatic nitrogens is 4. The van der Waals surface area contributed by atoms with Crippen LogP contribution in [0.2, 0.25) is 0 Å². The number of para-hydroxylation sites is 1. The van der Waals surface area contributed by atoms with Crippen LogP contribution in [0.25, 0.3) is 5.69 Å². The number of hydrogen-bond donors (Lipinski definition) is 1. The van der Waals surface area contributed by atoms with E-state index in [1.54, 1.807) is 6.20 Å². The minimum Gasteiger partial charge on any atom is -0.372 e. The van der Waals surface area contributed by atoms with Gasteiger partial charge in [0, 0.05) is 51.3 Å². The van der Waals surface area contributed by atoms with Gasteiger partial charge in [-0.25, -0.2) is 4.68 Å². The minimum absolute atomic E-state index is 0.126. The van der Waals surface area contributed by atoms with Crippen molar-refractivity contribution in [3.63, 3.8) is 0 Å². The van der Waals surface area contributed by atoms with Gasteiger partial charge in [-0.1, -0.05) is 18.2 Å². The van der Waals surface area contributed by atoms with Crippen molar-refractivity contribution >= 4 is 0 Å². The third-order valence-corrected chi connectivity index (χ3v) is 4.83. The van der Waals surface area contributed by atoms with Crippen LogP contribution in [0.5, 0.6) is 0 Å². The monoisotopic (exact) mass is 337 g/mol. The molecular formula is C19H23N5O. The topological polar surface area (TPSA) is 56.9 Å². The summed E-state index contributed by atoms with van der Waals surface area (Å²) < 4.78 is 9.78. The standard InChI is InChI=1S/C19H23N5O/c1-23-18(7-10-21-23)19-16(8-12-25-19)14-20-13-15-5-2-3-6-17(15)24-11-4-9-22-24/h2-7,9-11,16,19-20H,8,12-14H2,1H3/t16-,19+/m0/s1. The molecule has 1 N–H and O–H groups in total. The van der Waals surface area contributed by atoms with Gasteiger partial charge in [0.15, 0.2) is 0 Å². The van der Waals surface area contributed by atoms with Gasteiger partial charge in [-0.2, -0.15) is 10.2 Å². The number of hydrogen-bond acceptors (Lipinski definition) is 4. The maximum atomic E-state index is 5.96. The minimum atomic E-state index is 0.126. The number of nitrogens with one attached hydrogen (secondary N) is 1. The third kappa shape index (κ3) is 3.36. The van der Waals surface area contributed by atoms with Crippen LogP contribution in [0.3, 0.4) is 0 Å². The molecule has 1 fully saturated rings. The van der Waals surface area contributed by atoms with Crippen LogP contribution in [0.15, 0.2) is 55.0 Å². The number of ether oxygens (including phenoxy) is 1. The summed E-state index contributed by atoms with van der Waals surface area (Å²) in [6.07, 6.45) is 6.81. The highest BCUT2D eigenvalue weighted by Gasteiger charge is 2.31. The molecule has 1 aliphatic rings. The zero-order chi connectivity index (χ0) is 17.1. The van der Waals surface area contributed by atoms with E-state index in [1.165, 1.54) is 5.56 Å². The van der Waals surface area contributed by atoms with Crippen molar-refractivity contribution in [1.29, 1.82) is 0 Å². The molecule has 1 aliphatic heterocycles. The molecule has 0 spiro atoms. The Morgan fingerprint density at radius 3 is 2.88 bits per heavy atom. The molecule has 2 atom stereocenters. The van der Waals surface area contributed by atoms with E-state index in [0.717, 1.165) is 37.5 Å². The first-order valence-corrected chi connectivity index (χ1v) is 8.71. The highest BCUT2D eigenvalue weighted by Crippen LogP contribution is 2.33. The lowest BCUT2D eigenvalue weighted by Crippen LogP contribution is -2.26. The zero-order valence-corrected chi connectivity index (χ0v) is 14.4. The fourth-order valence-electron chi connectivity index (χ4n) is 3.52. The van der Waals surface area contributed by atoms with Crippen LogP contribution >= 0.6 is 0 Å². The molecule has 1 aromatic carbocycles. The van der Waals surface area contributed by atoms with E-state index in [4.69, 9.17) is 4.74 Å². The summed E-state index contributed by atoms with van der Waals surface area (Å²) in [4.78, 5) is 0. The Morgan fingerprint density at radius 1 is 1.16 bits per heavy atom. The van der Waals surface area contributed by atoms with Crippen molar-refractivity contribution in [2.24, 2.45) is 13.0 Å². The Hall–Kier alpha value is -2.44. The van der Waals surface area contributed by atoms with Gasteiger partial charge in [0.2, 0.25) is 0 Å². The van der Waals surface area contributed by atoms with Gasteiger partial charge in [0.25, 0.3) is 0 Å². The number of rotatable bonds is 6. The second-order valence-corrected chi connectivity index (χ2v) is 6.43. The molecule has 2 aromatic heterocycles. The Morgan fingerprint density at radius 2 is 2.08 bits per heavy atom. The smallest absolute Gasteiger partial charge is 0.103 e. The number of aryl methyl sites for hydroxylation is 1. The summed E-state index contributed by atoms with van der Waals surface area (Å²) >= 11 is 0. The summed E-state index contributed by atoms with van der Waals surface area (Å²) in [5.41, 5.74) is 3.51. The van der Waals surface area contributed by atoms with E-state index in [1.807, 2.05) is 40.9 Å². The highest BCUT2D eigenvalue weighted by molar-refractivity contribution is 5.40. The highest BCUT2D eigenvalue weighted by atomic mass is 16.5. The maximum absolute atomic E-state index is 5.96. The Balaban J connectivity index is 1.41. The van der Waals surface area contributed by atoms with Gasteiger partial charge in [-0.15, -0.1) is 0 Å². The summed E-state index contributed by atoms with van der Waals surface area (Å²) in [6.45, 7) is 2.54. The molecule has 6 nitrogen and oxygen atoms in total. The van der Waals surface area contributed by atoms with Gasteiger partial charge in [-0.05, 0) is 30.2 Å². The predicted octanol–water partition coefficient (Wildman–Crippen LogP) is 2.47. The lowest BCUT2D eigenvalue weighted by Gasteiger charge is -2.19. The molecule has 0 unspecified atom stereocenters. The molecule has 3 aromatic rings. The molecular weight excluding hydrogens is 314 g/mol.